The first-order chi connectivity index (χ1) is 10.3. The van der Waals surface area contributed by atoms with Crippen LogP contribution in [0.1, 0.15) is 54.4 Å². The summed E-state index contributed by atoms with van der Waals surface area (Å²) in [5.41, 5.74) is 6.26. The third-order valence-electron chi connectivity index (χ3n) is 5.55. The number of rotatable bonds is 4. The molecule has 0 nitrogen and oxygen atoms in total. The first kappa shape index (κ1) is 24.6. The molecular weight excluding hydrogens is 430 g/mol. The predicted octanol–water partition coefficient (Wildman–Crippen LogP) is 0.384. The van der Waals surface area contributed by atoms with Crippen LogP contribution in [0.3, 0.4) is 0 Å². The molecule has 4 heteroatoms. The largest absolute Gasteiger partial charge is 1.00 e. The molecule has 24 heavy (non-hydrogen) atoms. The summed E-state index contributed by atoms with van der Waals surface area (Å²) in [6, 6.07) is 0. The first-order valence-corrected chi connectivity index (χ1v) is 17.4. The third-order valence-corrected chi connectivity index (χ3v) is 23.4. The minimum atomic E-state index is -1.71. The fourth-order valence-corrected chi connectivity index (χ4v) is 24.3. The minimum absolute atomic E-state index is 0. The van der Waals surface area contributed by atoms with E-state index in [9.17, 15) is 0 Å². The molecule has 134 valence electrons. The van der Waals surface area contributed by atoms with E-state index >= 15 is 0 Å². The van der Waals surface area contributed by atoms with Crippen molar-refractivity contribution < 1.29 is 45.2 Å². The van der Waals surface area contributed by atoms with E-state index in [1.165, 1.54) is 12.8 Å². The van der Waals surface area contributed by atoms with Crippen LogP contribution in [0.15, 0.2) is 41.0 Å². The second kappa shape index (κ2) is 10.1. The standard InChI is InChI=1S/2C9H13.C2H6Si.2ClH.Zr/c2*1-4-9-5-7(2)8(3)6-9;1-3-2;;;/h2*5,9H,4H2,1-3H3;1-2H3;2*1H;/q;;;;;+2/p-2. The molecule has 0 heterocycles. The van der Waals surface area contributed by atoms with Crippen molar-refractivity contribution in [1.82, 2.24) is 0 Å². The zero-order chi connectivity index (χ0) is 16.6. The zero-order valence-corrected chi connectivity index (χ0v) is 21.4. The van der Waals surface area contributed by atoms with Crippen molar-refractivity contribution >= 4 is 5.43 Å². The summed E-state index contributed by atoms with van der Waals surface area (Å²) in [5.74, 6) is 1.51. The van der Waals surface area contributed by atoms with Crippen LogP contribution in [0.25, 0.3) is 0 Å². The van der Waals surface area contributed by atoms with E-state index in [0.717, 1.165) is 11.8 Å². The Morgan fingerprint density at radius 2 is 1.12 bits per heavy atom. The predicted molar refractivity (Wildman–Crippen MR) is 98.0 cm³/mol. The van der Waals surface area contributed by atoms with Gasteiger partial charge in [0.25, 0.3) is 0 Å². The Labute approximate surface area is 170 Å². The van der Waals surface area contributed by atoms with Crippen LogP contribution < -0.4 is 24.8 Å². The van der Waals surface area contributed by atoms with Gasteiger partial charge in [0.1, 0.15) is 0 Å². The molecular formula is C20H32Cl2SiZr. The van der Waals surface area contributed by atoms with Crippen molar-refractivity contribution in [3.8, 4) is 0 Å². The van der Waals surface area contributed by atoms with Gasteiger partial charge in [-0.3, -0.25) is 0 Å². The summed E-state index contributed by atoms with van der Waals surface area (Å²) < 4.78 is 3.91. The summed E-state index contributed by atoms with van der Waals surface area (Å²) in [6.45, 7) is 19.4. The second-order valence-electron chi connectivity index (χ2n) is 7.18. The van der Waals surface area contributed by atoms with Crippen molar-refractivity contribution in [3.63, 3.8) is 0 Å². The Balaban J connectivity index is 0.00000264. The molecule has 2 unspecified atom stereocenters. The molecule has 2 aliphatic carbocycles. The number of allylic oxidation sites excluding steroid dienone is 8. The average molecular weight is 463 g/mol. The van der Waals surface area contributed by atoms with Gasteiger partial charge in [0.2, 0.25) is 0 Å². The Kier molecular flexibility index (Phi) is 10.4. The monoisotopic (exact) mass is 460 g/mol. The van der Waals surface area contributed by atoms with Gasteiger partial charge in [0, 0.05) is 0 Å². The van der Waals surface area contributed by atoms with Crippen LogP contribution >= 0.6 is 0 Å². The second-order valence-corrected chi connectivity index (χ2v) is 24.0. The van der Waals surface area contributed by atoms with Gasteiger partial charge >= 0.3 is 146 Å². The minimum Gasteiger partial charge on any atom is -1.00 e. The van der Waals surface area contributed by atoms with Gasteiger partial charge in [-0.1, -0.05) is 0 Å². The molecule has 0 fully saturated rings. The summed E-state index contributed by atoms with van der Waals surface area (Å²) in [6.07, 6.45) is 7.72. The molecule has 0 aromatic carbocycles. The number of hydrogen-bond acceptors (Lipinski definition) is 0. The van der Waals surface area contributed by atoms with Crippen molar-refractivity contribution in [2.24, 2.45) is 11.8 Å². The van der Waals surface area contributed by atoms with Crippen LogP contribution in [-0.4, -0.2) is 5.43 Å². The molecule has 0 aliphatic heterocycles. The van der Waals surface area contributed by atoms with E-state index in [2.05, 4.69) is 66.8 Å². The quantitative estimate of drug-likeness (QED) is 0.530. The molecule has 2 atom stereocenters. The van der Waals surface area contributed by atoms with E-state index in [0.29, 0.717) is 0 Å². The Hall–Kier alpha value is 0.640. The molecule has 0 bridgehead atoms. The summed E-state index contributed by atoms with van der Waals surface area (Å²) in [7, 11) is 0. The van der Waals surface area contributed by atoms with Crippen molar-refractivity contribution in [2.45, 2.75) is 67.5 Å². The molecule has 0 spiro atoms. The normalized spacial score (nSPS) is 22.5. The van der Waals surface area contributed by atoms with Gasteiger partial charge < -0.3 is 24.8 Å². The molecule has 0 saturated heterocycles. The Morgan fingerprint density at radius 3 is 1.38 bits per heavy atom. The Bertz CT molecular complexity index is 597. The van der Waals surface area contributed by atoms with Crippen LogP contribution in [-0.2, 0) is 20.4 Å². The zero-order valence-electron chi connectivity index (χ0n) is 16.5. The van der Waals surface area contributed by atoms with Crippen LogP contribution in [0.4, 0.5) is 0 Å². The molecule has 0 aromatic heterocycles. The molecule has 0 aromatic rings. The average Bonchev–Trinajstić information content (AvgIpc) is 2.91. The maximum absolute atomic E-state index is 2.60. The topological polar surface area (TPSA) is 0 Å². The van der Waals surface area contributed by atoms with Crippen molar-refractivity contribution in [1.29, 1.82) is 0 Å². The summed E-state index contributed by atoms with van der Waals surface area (Å²) >= 11 is -1.71. The molecule has 0 saturated carbocycles. The fourth-order valence-electron chi connectivity index (χ4n) is 4.07. The van der Waals surface area contributed by atoms with Gasteiger partial charge in [-0.25, -0.2) is 0 Å². The molecule has 0 N–H and O–H groups in total. The van der Waals surface area contributed by atoms with Crippen LogP contribution in [0.2, 0.25) is 13.1 Å². The molecule has 2 aliphatic rings. The number of hydrogen-bond donors (Lipinski definition) is 0. The van der Waals surface area contributed by atoms with Gasteiger partial charge in [0.05, 0.1) is 0 Å². The van der Waals surface area contributed by atoms with Gasteiger partial charge in [0.15, 0.2) is 0 Å². The Morgan fingerprint density at radius 1 is 0.792 bits per heavy atom. The molecule has 2 rings (SSSR count). The van der Waals surface area contributed by atoms with E-state index in [1.54, 1.807) is 22.3 Å². The first-order valence-electron chi connectivity index (χ1n) is 8.80. The summed E-state index contributed by atoms with van der Waals surface area (Å²) in [4.78, 5) is 0. The maximum Gasteiger partial charge on any atom is -1.00 e. The van der Waals surface area contributed by atoms with Gasteiger partial charge in [-0.2, -0.15) is 0 Å². The van der Waals surface area contributed by atoms with E-state index in [1.807, 2.05) is 6.56 Å². The molecule has 0 radical (unpaired) electrons. The third kappa shape index (κ3) is 4.48. The van der Waals surface area contributed by atoms with Gasteiger partial charge in [-0.05, 0) is 0 Å². The number of halogens is 2. The van der Waals surface area contributed by atoms with Crippen LogP contribution in [0, 0.1) is 11.8 Å². The van der Waals surface area contributed by atoms with E-state index in [4.69, 9.17) is 0 Å². The van der Waals surface area contributed by atoms with Crippen molar-refractivity contribution in [3.05, 3.63) is 41.0 Å². The fraction of sp³-hybridized carbons (Fsp3) is 0.600. The van der Waals surface area contributed by atoms with E-state index < -0.39 is 20.4 Å². The maximum atomic E-state index is 2.60. The van der Waals surface area contributed by atoms with Gasteiger partial charge in [-0.15, -0.1) is 0 Å². The summed E-state index contributed by atoms with van der Waals surface area (Å²) in [5, 5.41) is 0. The smallest absolute Gasteiger partial charge is 1.00 e. The van der Waals surface area contributed by atoms with Crippen molar-refractivity contribution in [2.75, 3.05) is 0 Å². The van der Waals surface area contributed by atoms with E-state index in [-0.39, 0.29) is 30.2 Å². The molecule has 0 amide bonds. The van der Waals surface area contributed by atoms with Crippen LogP contribution in [0.5, 0.6) is 0 Å². The SMILES string of the molecule is CCC1C=C(C)C(C)=[C]1[Zr+2]([C]1=C(C)C(C)=CC1CC)=[Si](C)C.[Cl-].[Cl-].